The molecule has 1 aromatic rings. The highest BCUT2D eigenvalue weighted by Crippen LogP contribution is 2.25. The Morgan fingerprint density at radius 2 is 2.16 bits per heavy atom. The van der Waals surface area contributed by atoms with Gasteiger partial charge in [-0.2, -0.15) is 0 Å². The number of rotatable bonds is 8. The molecule has 3 N–H and O–H groups in total. The van der Waals surface area contributed by atoms with Gasteiger partial charge in [-0.15, -0.1) is 0 Å². The van der Waals surface area contributed by atoms with Gasteiger partial charge in [0, 0.05) is 12.2 Å². The molecule has 0 saturated heterocycles. The third kappa shape index (κ3) is 5.36. The molecule has 0 aliphatic carbocycles. The molecule has 0 radical (unpaired) electrons. The Morgan fingerprint density at radius 1 is 1.37 bits per heavy atom. The third-order valence-corrected chi connectivity index (χ3v) is 2.76. The molecule has 0 saturated carbocycles. The van der Waals surface area contributed by atoms with Crippen LogP contribution in [0.2, 0.25) is 5.02 Å². The average molecular weight is 287 g/mol. The Kier molecular flexibility index (Phi) is 7.07. The molecule has 0 spiro atoms. The van der Waals surface area contributed by atoms with Gasteiger partial charge >= 0.3 is 0 Å². The maximum Gasteiger partial charge on any atom is 0.170 e. The number of nitrogens with zero attached hydrogens (tertiary/aromatic N) is 1. The number of hydrogen-bond acceptors (Lipinski definition) is 4. The largest absolute Gasteiger partial charge is 0.490 e. The highest BCUT2D eigenvalue weighted by molar-refractivity contribution is 6.32. The van der Waals surface area contributed by atoms with Crippen LogP contribution in [0.5, 0.6) is 5.75 Å². The minimum absolute atomic E-state index is 0.0105. The maximum atomic E-state index is 8.56. The smallest absolute Gasteiger partial charge is 0.170 e. The number of unbranched alkanes of at least 4 members (excludes halogenated alkanes) is 1. The second-order valence-corrected chi connectivity index (χ2v) is 4.35. The van der Waals surface area contributed by atoms with E-state index in [0.29, 0.717) is 29.5 Å². The fourth-order valence-corrected chi connectivity index (χ4v) is 1.63. The van der Waals surface area contributed by atoms with Crippen molar-refractivity contribution in [1.82, 2.24) is 0 Å². The lowest BCUT2D eigenvalue weighted by Crippen LogP contribution is -2.13. The van der Waals surface area contributed by atoms with Crippen molar-refractivity contribution in [2.24, 2.45) is 10.9 Å². The number of nitrogens with two attached hydrogens (primary N) is 1. The predicted molar refractivity (Wildman–Crippen MR) is 75.2 cm³/mol. The Morgan fingerprint density at radius 3 is 2.79 bits per heavy atom. The topological polar surface area (TPSA) is 77.1 Å². The molecule has 0 heterocycles. The number of hydrogen-bond donors (Lipinski definition) is 2. The van der Waals surface area contributed by atoms with E-state index >= 15 is 0 Å². The van der Waals surface area contributed by atoms with E-state index in [0.717, 1.165) is 19.4 Å². The van der Waals surface area contributed by atoms with Gasteiger partial charge in [0.25, 0.3) is 0 Å². The fraction of sp³-hybridized carbons (Fsp3) is 0.462. The van der Waals surface area contributed by atoms with Crippen LogP contribution >= 0.6 is 11.6 Å². The van der Waals surface area contributed by atoms with Gasteiger partial charge in [-0.25, -0.2) is 0 Å². The molecular formula is C13H19ClN2O3. The summed E-state index contributed by atoms with van der Waals surface area (Å²) in [5, 5.41) is 11.9. The molecule has 1 rings (SSSR count). The average Bonchev–Trinajstić information content (AvgIpc) is 2.43. The van der Waals surface area contributed by atoms with Gasteiger partial charge < -0.3 is 20.4 Å². The van der Waals surface area contributed by atoms with Crippen molar-refractivity contribution in [3.63, 3.8) is 0 Å². The quantitative estimate of drug-likeness (QED) is 0.253. The van der Waals surface area contributed by atoms with Crippen LogP contribution in [-0.4, -0.2) is 30.9 Å². The summed E-state index contributed by atoms with van der Waals surface area (Å²) in [6.07, 6.45) is 2.16. The lowest BCUT2D eigenvalue weighted by atomic mass is 10.2. The standard InChI is InChI=1S/C13H19ClN2O3/c1-2-3-6-18-7-8-19-12-5-4-10(9-11(12)14)13(15)16-17/h4-5,9,17H,2-3,6-8H2,1H3,(H2,15,16). The third-order valence-electron chi connectivity index (χ3n) is 2.46. The zero-order valence-electron chi connectivity index (χ0n) is 10.9. The van der Waals surface area contributed by atoms with Crippen LogP contribution < -0.4 is 10.5 Å². The van der Waals surface area contributed by atoms with Crippen molar-refractivity contribution in [2.75, 3.05) is 19.8 Å². The predicted octanol–water partition coefficient (Wildman–Crippen LogP) is 2.63. The van der Waals surface area contributed by atoms with E-state index in [2.05, 4.69) is 12.1 Å². The summed E-state index contributed by atoms with van der Waals surface area (Å²) in [5.41, 5.74) is 6.00. The molecular weight excluding hydrogens is 268 g/mol. The molecule has 0 fully saturated rings. The number of halogens is 1. The van der Waals surface area contributed by atoms with Crippen LogP contribution in [0.4, 0.5) is 0 Å². The van der Waals surface area contributed by atoms with Crippen LogP contribution in [0.15, 0.2) is 23.4 Å². The molecule has 0 atom stereocenters. The summed E-state index contributed by atoms with van der Waals surface area (Å²) in [6.45, 7) is 3.82. The van der Waals surface area contributed by atoms with E-state index in [1.54, 1.807) is 18.2 Å². The minimum atomic E-state index is 0.0105. The van der Waals surface area contributed by atoms with Crippen LogP contribution in [0.25, 0.3) is 0 Å². The summed E-state index contributed by atoms with van der Waals surface area (Å²) in [4.78, 5) is 0. The van der Waals surface area contributed by atoms with Crippen molar-refractivity contribution in [3.8, 4) is 5.75 Å². The van der Waals surface area contributed by atoms with E-state index in [1.165, 1.54) is 0 Å². The number of ether oxygens (including phenoxy) is 2. The molecule has 1 aromatic carbocycles. The minimum Gasteiger partial charge on any atom is -0.490 e. The highest BCUT2D eigenvalue weighted by atomic mass is 35.5. The van der Waals surface area contributed by atoms with E-state index in [9.17, 15) is 0 Å². The SMILES string of the molecule is CCCCOCCOc1ccc(C(N)=NO)cc1Cl. The number of oxime groups is 1. The second kappa shape index (κ2) is 8.61. The lowest BCUT2D eigenvalue weighted by Gasteiger charge is -2.09. The van der Waals surface area contributed by atoms with Crippen molar-refractivity contribution < 1.29 is 14.7 Å². The Balaban J connectivity index is 2.43. The Bertz CT molecular complexity index is 424. The normalized spacial score (nSPS) is 11.6. The van der Waals surface area contributed by atoms with E-state index in [-0.39, 0.29) is 5.84 Å². The molecule has 0 bridgehead atoms. The van der Waals surface area contributed by atoms with Gasteiger partial charge in [0.2, 0.25) is 0 Å². The number of benzene rings is 1. The first-order valence-corrected chi connectivity index (χ1v) is 6.54. The van der Waals surface area contributed by atoms with Crippen molar-refractivity contribution in [3.05, 3.63) is 28.8 Å². The van der Waals surface area contributed by atoms with Gasteiger partial charge in [-0.3, -0.25) is 0 Å². The summed E-state index contributed by atoms with van der Waals surface area (Å²) >= 11 is 6.03. The second-order valence-electron chi connectivity index (χ2n) is 3.94. The van der Waals surface area contributed by atoms with Gasteiger partial charge in [0.15, 0.2) is 5.84 Å². The monoisotopic (exact) mass is 286 g/mol. The summed E-state index contributed by atoms with van der Waals surface area (Å²) in [5.74, 6) is 0.562. The molecule has 0 amide bonds. The van der Waals surface area contributed by atoms with Crippen molar-refractivity contribution in [1.29, 1.82) is 0 Å². The van der Waals surface area contributed by atoms with Crippen LogP contribution in [0, 0.1) is 0 Å². The Labute approximate surface area is 117 Å². The van der Waals surface area contributed by atoms with Gasteiger partial charge in [0.05, 0.1) is 11.6 Å². The first-order valence-electron chi connectivity index (χ1n) is 6.17. The molecule has 0 aromatic heterocycles. The molecule has 5 nitrogen and oxygen atoms in total. The molecule has 106 valence electrons. The maximum absolute atomic E-state index is 8.56. The van der Waals surface area contributed by atoms with Crippen molar-refractivity contribution in [2.45, 2.75) is 19.8 Å². The zero-order valence-corrected chi connectivity index (χ0v) is 11.7. The molecule has 0 unspecified atom stereocenters. The molecule has 0 aliphatic rings. The first kappa shape index (κ1) is 15.6. The molecule has 19 heavy (non-hydrogen) atoms. The summed E-state index contributed by atoms with van der Waals surface area (Å²) in [6, 6.07) is 4.94. The van der Waals surface area contributed by atoms with E-state index < -0.39 is 0 Å². The van der Waals surface area contributed by atoms with Crippen LogP contribution in [-0.2, 0) is 4.74 Å². The summed E-state index contributed by atoms with van der Waals surface area (Å²) < 4.78 is 10.9. The van der Waals surface area contributed by atoms with Gasteiger partial charge in [-0.1, -0.05) is 30.1 Å². The van der Waals surface area contributed by atoms with Gasteiger partial charge in [-0.05, 0) is 24.6 Å². The van der Waals surface area contributed by atoms with Crippen LogP contribution in [0.3, 0.4) is 0 Å². The van der Waals surface area contributed by atoms with E-state index in [4.69, 9.17) is 32.0 Å². The fourth-order valence-electron chi connectivity index (χ4n) is 1.39. The summed E-state index contributed by atoms with van der Waals surface area (Å²) in [7, 11) is 0. The molecule has 6 heteroatoms. The van der Waals surface area contributed by atoms with E-state index in [1.807, 2.05) is 0 Å². The lowest BCUT2D eigenvalue weighted by molar-refractivity contribution is 0.0981. The van der Waals surface area contributed by atoms with Crippen LogP contribution in [0.1, 0.15) is 25.3 Å². The van der Waals surface area contributed by atoms with Crippen molar-refractivity contribution >= 4 is 17.4 Å². The number of amidine groups is 1. The molecule has 0 aliphatic heterocycles. The highest BCUT2D eigenvalue weighted by Gasteiger charge is 2.05. The van der Waals surface area contributed by atoms with Gasteiger partial charge in [0.1, 0.15) is 12.4 Å². The Hall–Kier alpha value is -1.46. The zero-order chi connectivity index (χ0) is 14.1. The first-order chi connectivity index (χ1) is 9.19.